The molecule has 0 aromatic heterocycles. The molecule has 0 radical (unpaired) electrons. The van der Waals surface area contributed by atoms with E-state index in [9.17, 15) is 13.9 Å². The lowest BCUT2D eigenvalue weighted by Gasteiger charge is -2.25. The van der Waals surface area contributed by atoms with E-state index in [1.165, 1.54) is 18.2 Å². The van der Waals surface area contributed by atoms with E-state index in [1.807, 2.05) is 12.2 Å². The lowest BCUT2D eigenvalue weighted by atomic mass is 9.91. The summed E-state index contributed by atoms with van der Waals surface area (Å²) in [4.78, 5) is 0.804. The van der Waals surface area contributed by atoms with Crippen LogP contribution >= 0.6 is 0 Å². The van der Waals surface area contributed by atoms with E-state index in [4.69, 9.17) is 4.74 Å². The Labute approximate surface area is 148 Å². The van der Waals surface area contributed by atoms with E-state index in [2.05, 4.69) is 37.3 Å². The van der Waals surface area contributed by atoms with Crippen LogP contribution in [0, 0.1) is 12.8 Å². The third kappa shape index (κ3) is 6.59. The van der Waals surface area contributed by atoms with E-state index >= 15 is 0 Å². The summed E-state index contributed by atoms with van der Waals surface area (Å²) < 4.78 is 30.7. The highest BCUT2D eigenvalue weighted by atomic mass is 19.3. The fraction of sp³-hybridized carbons (Fsp3) is 0.500. The molecule has 2 atom stereocenters. The number of aliphatic hydroxyl groups excluding tert-OH is 1. The summed E-state index contributed by atoms with van der Waals surface area (Å²) in [7, 11) is 1.28. The van der Waals surface area contributed by atoms with Crippen LogP contribution in [0.25, 0.3) is 0 Å². The Bertz CT molecular complexity index is 601. The van der Waals surface area contributed by atoms with Crippen LogP contribution in [-0.2, 0) is 11.2 Å². The van der Waals surface area contributed by atoms with Gasteiger partial charge in [0.2, 0.25) is 0 Å². The van der Waals surface area contributed by atoms with Crippen LogP contribution in [-0.4, -0.2) is 42.9 Å². The van der Waals surface area contributed by atoms with Crippen LogP contribution in [0.5, 0.6) is 0 Å². The van der Waals surface area contributed by atoms with Crippen molar-refractivity contribution in [1.29, 1.82) is 0 Å². The van der Waals surface area contributed by atoms with Gasteiger partial charge in [-0.1, -0.05) is 42.0 Å². The topological polar surface area (TPSA) is 32.7 Å². The molecule has 0 spiro atoms. The zero-order valence-corrected chi connectivity index (χ0v) is 14.9. The highest BCUT2D eigenvalue weighted by Crippen LogP contribution is 2.26. The number of nitrogens with zero attached hydrogens (tertiary/aromatic N) is 1. The summed E-state index contributed by atoms with van der Waals surface area (Å²) in [5.74, 6) is 1.08. The molecule has 0 heterocycles. The van der Waals surface area contributed by atoms with Crippen molar-refractivity contribution in [2.24, 2.45) is 5.92 Å². The van der Waals surface area contributed by atoms with E-state index in [1.54, 1.807) is 0 Å². The Balaban J connectivity index is 1.83. The summed E-state index contributed by atoms with van der Waals surface area (Å²) in [5, 5.41) is 9.88. The quantitative estimate of drug-likeness (QED) is 0.685. The maximum Gasteiger partial charge on any atom is 0.294 e. The molecule has 0 saturated carbocycles. The third-order valence-electron chi connectivity index (χ3n) is 4.36. The molecule has 1 aromatic carbocycles. The molecule has 138 valence electrons. The molecular formula is C20H27F2NO2. The monoisotopic (exact) mass is 351 g/mol. The number of hydrogen-bond acceptors (Lipinski definition) is 3. The molecule has 1 aliphatic carbocycles. The van der Waals surface area contributed by atoms with Gasteiger partial charge in [-0.25, -0.2) is 4.90 Å². The first kappa shape index (κ1) is 19.6. The smallest absolute Gasteiger partial charge is 0.294 e. The SMILES string of the molecule is Cc1cccc(CCC2CC=CC=C2OCC(O)CN(C)C(F)F)c1. The van der Waals surface area contributed by atoms with Crippen molar-refractivity contribution in [1.82, 2.24) is 4.90 Å². The van der Waals surface area contributed by atoms with Gasteiger partial charge in [0, 0.05) is 12.5 Å². The number of rotatable bonds is 9. The summed E-state index contributed by atoms with van der Waals surface area (Å²) in [6, 6.07) is 8.46. The normalized spacial score (nSPS) is 18.5. The summed E-state index contributed by atoms with van der Waals surface area (Å²) in [6.45, 7) is -0.584. The second-order valence-corrected chi connectivity index (χ2v) is 6.64. The van der Waals surface area contributed by atoms with Crippen molar-refractivity contribution in [2.45, 2.75) is 38.8 Å². The minimum Gasteiger partial charge on any atom is -0.495 e. The van der Waals surface area contributed by atoms with E-state index in [0.717, 1.165) is 29.9 Å². The Morgan fingerprint density at radius 1 is 1.36 bits per heavy atom. The number of hydrogen-bond donors (Lipinski definition) is 1. The Morgan fingerprint density at radius 2 is 2.16 bits per heavy atom. The average molecular weight is 351 g/mol. The second kappa shape index (κ2) is 9.68. The van der Waals surface area contributed by atoms with Crippen molar-refractivity contribution in [2.75, 3.05) is 20.2 Å². The zero-order chi connectivity index (χ0) is 18.2. The lowest BCUT2D eigenvalue weighted by molar-refractivity contribution is -0.0449. The molecule has 1 aromatic rings. The Kier molecular flexibility index (Phi) is 7.59. The number of aliphatic hydroxyl groups is 1. The Morgan fingerprint density at radius 3 is 2.88 bits per heavy atom. The number of likely N-dealkylation sites (N-methyl/N-ethyl adjacent to an activating group) is 1. The molecule has 1 aliphatic rings. The van der Waals surface area contributed by atoms with Crippen LogP contribution < -0.4 is 0 Å². The van der Waals surface area contributed by atoms with Crippen LogP contribution in [0.3, 0.4) is 0 Å². The van der Waals surface area contributed by atoms with Crippen molar-refractivity contribution in [3.63, 3.8) is 0 Å². The average Bonchev–Trinajstić information content (AvgIpc) is 2.58. The minimum atomic E-state index is -2.58. The van der Waals surface area contributed by atoms with Gasteiger partial charge >= 0.3 is 0 Å². The fourth-order valence-electron chi connectivity index (χ4n) is 2.95. The molecule has 0 amide bonds. The van der Waals surface area contributed by atoms with Crippen LogP contribution in [0.2, 0.25) is 0 Å². The van der Waals surface area contributed by atoms with Gasteiger partial charge in [0.1, 0.15) is 12.7 Å². The van der Waals surface area contributed by atoms with Gasteiger partial charge in [0.25, 0.3) is 6.55 Å². The first-order valence-electron chi connectivity index (χ1n) is 8.67. The molecule has 3 nitrogen and oxygen atoms in total. The van der Waals surface area contributed by atoms with Crippen molar-refractivity contribution in [3.05, 3.63) is 59.4 Å². The molecule has 0 fully saturated rings. The van der Waals surface area contributed by atoms with E-state index < -0.39 is 12.7 Å². The molecule has 0 saturated heterocycles. The number of alkyl halides is 2. The van der Waals surface area contributed by atoms with Gasteiger partial charge in [-0.05, 0) is 44.9 Å². The number of benzene rings is 1. The number of aryl methyl sites for hydroxylation is 2. The van der Waals surface area contributed by atoms with Gasteiger partial charge < -0.3 is 9.84 Å². The molecule has 5 heteroatoms. The predicted molar refractivity (Wildman–Crippen MR) is 95.4 cm³/mol. The van der Waals surface area contributed by atoms with Crippen LogP contribution in [0.15, 0.2) is 48.3 Å². The first-order chi connectivity index (χ1) is 12.0. The minimum absolute atomic E-state index is 0.0255. The predicted octanol–water partition coefficient (Wildman–Crippen LogP) is 3.92. The van der Waals surface area contributed by atoms with E-state index in [-0.39, 0.29) is 19.1 Å². The molecule has 0 aliphatic heterocycles. The first-order valence-corrected chi connectivity index (χ1v) is 8.67. The molecular weight excluding hydrogens is 324 g/mol. The van der Waals surface area contributed by atoms with Crippen molar-refractivity contribution < 1.29 is 18.6 Å². The summed E-state index contributed by atoms with van der Waals surface area (Å²) >= 11 is 0. The van der Waals surface area contributed by atoms with E-state index in [0.29, 0.717) is 0 Å². The maximum atomic E-state index is 12.5. The van der Waals surface area contributed by atoms with Crippen molar-refractivity contribution in [3.8, 4) is 0 Å². The molecule has 2 rings (SSSR count). The number of halogens is 2. The number of ether oxygens (including phenoxy) is 1. The summed E-state index contributed by atoms with van der Waals surface area (Å²) in [6.07, 6.45) is 7.82. The summed E-state index contributed by atoms with van der Waals surface area (Å²) in [5.41, 5.74) is 2.55. The fourth-order valence-corrected chi connectivity index (χ4v) is 2.95. The third-order valence-corrected chi connectivity index (χ3v) is 4.36. The highest BCUT2D eigenvalue weighted by molar-refractivity contribution is 5.23. The van der Waals surface area contributed by atoms with Crippen LogP contribution in [0.4, 0.5) is 8.78 Å². The standard InChI is InChI=1S/C20H27F2NO2/c1-15-6-5-7-16(12-15)10-11-17-8-3-4-9-19(17)25-14-18(24)13-23(2)20(21)22/h3-7,9,12,17-18,20,24H,8,10-11,13-14H2,1-2H3. The van der Waals surface area contributed by atoms with Gasteiger partial charge in [0.15, 0.2) is 0 Å². The van der Waals surface area contributed by atoms with Gasteiger partial charge in [0.05, 0.1) is 5.76 Å². The van der Waals surface area contributed by atoms with Crippen molar-refractivity contribution >= 4 is 0 Å². The molecule has 0 bridgehead atoms. The maximum absolute atomic E-state index is 12.5. The number of allylic oxidation sites excluding steroid dienone is 4. The second-order valence-electron chi connectivity index (χ2n) is 6.64. The highest BCUT2D eigenvalue weighted by Gasteiger charge is 2.20. The molecule has 25 heavy (non-hydrogen) atoms. The van der Waals surface area contributed by atoms with Gasteiger partial charge in [-0.15, -0.1) is 0 Å². The Hall–Kier alpha value is -1.72. The molecule has 2 unspecified atom stereocenters. The van der Waals surface area contributed by atoms with Crippen LogP contribution in [0.1, 0.15) is 24.0 Å². The lowest BCUT2D eigenvalue weighted by Crippen LogP contribution is -2.35. The van der Waals surface area contributed by atoms with Gasteiger partial charge in [-0.2, -0.15) is 8.78 Å². The largest absolute Gasteiger partial charge is 0.495 e. The molecule has 1 N–H and O–H groups in total. The van der Waals surface area contributed by atoms with Gasteiger partial charge in [-0.3, -0.25) is 0 Å². The zero-order valence-electron chi connectivity index (χ0n) is 14.9.